The molecule has 1 amide bonds. The van der Waals surface area contributed by atoms with Crippen LogP contribution in [0.3, 0.4) is 0 Å². The highest BCUT2D eigenvalue weighted by atomic mass is 16.5. The number of anilines is 2. The largest absolute Gasteiger partial charge is 0.493 e. The van der Waals surface area contributed by atoms with Crippen LogP contribution in [0.25, 0.3) is 0 Å². The number of hydrogen-bond donors (Lipinski definition) is 1. The van der Waals surface area contributed by atoms with Crippen LogP contribution in [0, 0.1) is 5.92 Å². The summed E-state index contributed by atoms with van der Waals surface area (Å²) in [6.07, 6.45) is 1.45. The Kier molecular flexibility index (Phi) is 6.58. The van der Waals surface area contributed by atoms with Gasteiger partial charge in [-0.05, 0) is 18.9 Å². The Hall–Kier alpha value is -3.23. The second-order valence-electron chi connectivity index (χ2n) is 6.60. The summed E-state index contributed by atoms with van der Waals surface area (Å²) in [6, 6.07) is 7.11. The van der Waals surface area contributed by atoms with Crippen LogP contribution in [0.15, 0.2) is 24.3 Å². The fourth-order valence-corrected chi connectivity index (χ4v) is 3.36. The van der Waals surface area contributed by atoms with E-state index < -0.39 is 0 Å². The van der Waals surface area contributed by atoms with Crippen molar-refractivity contribution >= 4 is 17.4 Å². The molecule has 0 bridgehead atoms. The monoisotopic (exact) mass is 402 g/mol. The number of nitrogens with zero attached hydrogens (tertiary/aromatic N) is 3. The number of methoxy groups -OCH3 is 4. The standard InChI is InChI=1S/C20H26N4O5/c1-26-15-11-14(12-16(27-2)19(15)29-4)21-20(25)13-7-9-24(10-8-13)17-5-6-18(28-3)23-22-17/h5-6,11-13H,7-10H2,1-4H3,(H,21,25). The van der Waals surface area contributed by atoms with Crippen molar-refractivity contribution in [1.29, 1.82) is 0 Å². The quantitative estimate of drug-likeness (QED) is 0.754. The third kappa shape index (κ3) is 4.61. The smallest absolute Gasteiger partial charge is 0.233 e. The summed E-state index contributed by atoms with van der Waals surface area (Å²) in [4.78, 5) is 14.9. The van der Waals surface area contributed by atoms with E-state index in [4.69, 9.17) is 18.9 Å². The molecule has 1 N–H and O–H groups in total. The van der Waals surface area contributed by atoms with Gasteiger partial charge >= 0.3 is 0 Å². The van der Waals surface area contributed by atoms with Crippen LogP contribution in [-0.4, -0.2) is 57.6 Å². The van der Waals surface area contributed by atoms with E-state index in [0.717, 1.165) is 31.7 Å². The third-order valence-corrected chi connectivity index (χ3v) is 4.96. The lowest BCUT2D eigenvalue weighted by Crippen LogP contribution is -2.38. The van der Waals surface area contributed by atoms with Crippen LogP contribution < -0.4 is 29.2 Å². The van der Waals surface area contributed by atoms with E-state index in [1.807, 2.05) is 6.07 Å². The first-order valence-electron chi connectivity index (χ1n) is 9.33. The van der Waals surface area contributed by atoms with Crippen molar-refractivity contribution in [2.75, 3.05) is 51.7 Å². The number of carbonyl (C=O) groups excluding carboxylic acids is 1. The lowest BCUT2D eigenvalue weighted by atomic mass is 9.95. The second-order valence-corrected chi connectivity index (χ2v) is 6.60. The van der Waals surface area contributed by atoms with Gasteiger partial charge in [-0.2, -0.15) is 0 Å². The zero-order valence-electron chi connectivity index (χ0n) is 17.1. The normalized spacial score (nSPS) is 14.3. The first-order valence-corrected chi connectivity index (χ1v) is 9.33. The number of rotatable bonds is 7. The number of ether oxygens (including phenoxy) is 4. The van der Waals surface area contributed by atoms with Crippen LogP contribution in [0.1, 0.15) is 12.8 Å². The third-order valence-electron chi connectivity index (χ3n) is 4.96. The van der Waals surface area contributed by atoms with Crippen LogP contribution in [0.2, 0.25) is 0 Å². The van der Waals surface area contributed by atoms with Gasteiger partial charge in [-0.25, -0.2) is 0 Å². The Balaban J connectivity index is 1.62. The number of piperidine rings is 1. The fourth-order valence-electron chi connectivity index (χ4n) is 3.36. The molecular weight excluding hydrogens is 376 g/mol. The van der Waals surface area contributed by atoms with Crippen molar-refractivity contribution in [2.24, 2.45) is 5.92 Å². The van der Waals surface area contributed by atoms with Gasteiger partial charge in [-0.3, -0.25) is 4.79 Å². The van der Waals surface area contributed by atoms with Gasteiger partial charge in [0.15, 0.2) is 17.3 Å². The molecule has 0 saturated carbocycles. The van der Waals surface area contributed by atoms with Gasteiger partial charge in [0.1, 0.15) is 0 Å². The number of nitrogens with one attached hydrogen (secondary N) is 1. The minimum Gasteiger partial charge on any atom is -0.493 e. The lowest BCUT2D eigenvalue weighted by Gasteiger charge is -2.31. The zero-order valence-corrected chi connectivity index (χ0v) is 17.1. The van der Waals surface area contributed by atoms with E-state index in [1.54, 1.807) is 46.6 Å². The van der Waals surface area contributed by atoms with Gasteiger partial charge in [0.25, 0.3) is 0 Å². The van der Waals surface area contributed by atoms with E-state index in [2.05, 4.69) is 20.4 Å². The average molecular weight is 402 g/mol. The molecule has 1 saturated heterocycles. The molecule has 0 aliphatic carbocycles. The molecule has 9 heteroatoms. The molecule has 0 atom stereocenters. The Morgan fingerprint density at radius 3 is 2.10 bits per heavy atom. The highest BCUT2D eigenvalue weighted by Crippen LogP contribution is 2.40. The highest BCUT2D eigenvalue weighted by Gasteiger charge is 2.26. The molecule has 1 fully saturated rings. The number of amides is 1. The summed E-state index contributed by atoms with van der Waals surface area (Å²) in [7, 11) is 6.18. The molecule has 29 heavy (non-hydrogen) atoms. The van der Waals surface area contributed by atoms with Crippen molar-refractivity contribution in [3.05, 3.63) is 24.3 Å². The topological polar surface area (TPSA) is 95.0 Å². The van der Waals surface area contributed by atoms with Crippen molar-refractivity contribution in [1.82, 2.24) is 10.2 Å². The van der Waals surface area contributed by atoms with Crippen LogP contribution in [0.5, 0.6) is 23.1 Å². The predicted octanol–water partition coefficient (Wildman–Crippen LogP) is 2.37. The SMILES string of the molecule is COc1ccc(N2CCC(C(=O)Nc3cc(OC)c(OC)c(OC)c3)CC2)nn1. The molecule has 1 aliphatic rings. The molecule has 0 unspecified atom stereocenters. The van der Waals surface area contributed by atoms with E-state index in [9.17, 15) is 4.79 Å². The average Bonchev–Trinajstić information content (AvgIpc) is 2.78. The number of benzene rings is 1. The molecule has 156 valence electrons. The molecule has 1 aromatic carbocycles. The summed E-state index contributed by atoms with van der Waals surface area (Å²) in [5.41, 5.74) is 0.605. The summed E-state index contributed by atoms with van der Waals surface area (Å²) in [5, 5.41) is 11.1. The molecule has 1 aliphatic heterocycles. The van der Waals surface area contributed by atoms with E-state index in [-0.39, 0.29) is 11.8 Å². The molecule has 9 nitrogen and oxygen atoms in total. The Bertz CT molecular complexity index is 810. The van der Waals surface area contributed by atoms with Crippen LogP contribution in [-0.2, 0) is 4.79 Å². The second kappa shape index (κ2) is 9.31. The van der Waals surface area contributed by atoms with Gasteiger partial charge in [-0.1, -0.05) is 0 Å². The molecule has 3 rings (SSSR count). The lowest BCUT2D eigenvalue weighted by molar-refractivity contribution is -0.120. The van der Waals surface area contributed by atoms with Crippen molar-refractivity contribution < 1.29 is 23.7 Å². The van der Waals surface area contributed by atoms with Crippen molar-refractivity contribution in [3.63, 3.8) is 0 Å². The highest BCUT2D eigenvalue weighted by molar-refractivity contribution is 5.93. The van der Waals surface area contributed by atoms with Crippen LogP contribution >= 0.6 is 0 Å². The minimum absolute atomic E-state index is 0.0280. The maximum Gasteiger partial charge on any atom is 0.233 e. The summed E-state index contributed by atoms with van der Waals surface area (Å²) in [6.45, 7) is 1.46. The number of carbonyl (C=O) groups is 1. The van der Waals surface area contributed by atoms with Gasteiger partial charge in [0.05, 0.1) is 28.4 Å². The molecule has 1 aromatic heterocycles. The van der Waals surface area contributed by atoms with Gasteiger partial charge in [0.2, 0.25) is 17.5 Å². The number of aromatic nitrogens is 2. The van der Waals surface area contributed by atoms with E-state index >= 15 is 0 Å². The summed E-state index contributed by atoms with van der Waals surface area (Å²) in [5.74, 6) is 2.63. The van der Waals surface area contributed by atoms with Gasteiger partial charge in [0, 0.05) is 42.9 Å². The van der Waals surface area contributed by atoms with Crippen molar-refractivity contribution in [2.45, 2.75) is 12.8 Å². The fraction of sp³-hybridized carbons (Fsp3) is 0.450. The summed E-state index contributed by atoms with van der Waals surface area (Å²) >= 11 is 0. The molecule has 2 heterocycles. The Labute approximate surface area is 169 Å². The first kappa shape index (κ1) is 20.5. The van der Waals surface area contributed by atoms with Gasteiger partial charge < -0.3 is 29.2 Å². The van der Waals surface area contributed by atoms with E-state index in [0.29, 0.717) is 28.8 Å². The molecular formula is C20H26N4O5. The van der Waals surface area contributed by atoms with Crippen LogP contribution in [0.4, 0.5) is 11.5 Å². The maximum atomic E-state index is 12.8. The number of hydrogen-bond acceptors (Lipinski definition) is 8. The predicted molar refractivity (Wildman–Crippen MR) is 108 cm³/mol. The van der Waals surface area contributed by atoms with Gasteiger partial charge in [-0.15, -0.1) is 10.2 Å². The maximum absolute atomic E-state index is 12.8. The Morgan fingerprint density at radius 1 is 0.966 bits per heavy atom. The zero-order chi connectivity index (χ0) is 20.8. The molecule has 2 aromatic rings. The first-order chi connectivity index (χ1) is 14.1. The van der Waals surface area contributed by atoms with Crippen molar-refractivity contribution in [3.8, 4) is 23.1 Å². The Morgan fingerprint density at radius 2 is 1.62 bits per heavy atom. The molecule has 0 radical (unpaired) electrons. The minimum atomic E-state index is -0.0865. The summed E-state index contributed by atoms with van der Waals surface area (Å²) < 4.78 is 21.0. The van der Waals surface area contributed by atoms with E-state index in [1.165, 1.54) is 0 Å². The molecule has 0 spiro atoms.